The van der Waals surface area contributed by atoms with E-state index >= 15 is 0 Å². The van der Waals surface area contributed by atoms with Crippen LogP contribution in [0.25, 0.3) is 0 Å². The van der Waals surface area contributed by atoms with Crippen molar-refractivity contribution in [2.75, 3.05) is 0 Å². The van der Waals surface area contributed by atoms with Gasteiger partial charge in [-0.25, -0.2) is 5.43 Å². The maximum Gasteiger partial charge on any atom is 0.271 e. The van der Waals surface area contributed by atoms with E-state index in [0.29, 0.717) is 5.56 Å². The number of hydrogen-bond acceptors (Lipinski definition) is 3. The third kappa shape index (κ3) is 3.29. The van der Waals surface area contributed by atoms with Gasteiger partial charge in [-0.3, -0.25) is 9.78 Å². The van der Waals surface area contributed by atoms with E-state index in [1.165, 1.54) is 5.56 Å². The normalized spacial score (nSPS) is 10.8. The number of hydrogen-bond donors (Lipinski definition) is 1. The number of benzene rings is 1. The van der Waals surface area contributed by atoms with E-state index in [2.05, 4.69) is 34.6 Å². The molecule has 0 saturated carbocycles. The van der Waals surface area contributed by atoms with Gasteiger partial charge in [0.1, 0.15) is 0 Å². The summed E-state index contributed by atoms with van der Waals surface area (Å²) in [5, 5.41) is 4.02. The Morgan fingerprint density at radius 2 is 1.75 bits per heavy atom. The number of amides is 1. The second kappa shape index (κ2) is 6.10. The van der Waals surface area contributed by atoms with Gasteiger partial charge >= 0.3 is 0 Å². The topological polar surface area (TPSA) is 54.4 Å². The maximum absolute atomic E-state index is 11.8. The molecule has 0 atom stereocenters. The third-order valence-electron chi connectivity index (χ3n) is 3.04. The molecule has 0 unspecified atom stereocenters. The lowest BCUT2D eigenvalue weighted by Crippen LogP contribution is -2.17. The van der Waals surface area contributed by atoms with Gasteiger partial charge < -0.3 is 0 Å². The fourth-order valence-corrected chi connectivity index (χ4v) is 2.12. The van der Waals surface area contributed by atoms with E-state index in [1.54, 1.807) is 30.7 Å². The number of aromatic nitrogens is 1. The van der Waals surface area contributed by atoms with Crippen LogP contribution in [0.2, 0.25) is 0 Å². The monoisotopic (exact) mass is 267 g/mol. The van der Waals surface area contributed by atoms with Crippen LogP contribution < -0.4 is 5.43 Å². The highest BCUT2D eigenvalue weighted by atomic mass is 16.2. The molecule has 4 nitrogen and oxygen atoms in total. The van der Waals surface area contributed by atoms with Crippen molar-refractivity contribution >= 4 is 12.1 Å². The zero-order chi connectivity index (χ0) is 14.5. The van der Waals surface area contributed by atoms with Gasteiger partial charge in [-0.05, 0) is 44.0 Å². The number of pyridine rings is 1. The third-order valence-corrected chi connectivity index (χ3v) is 3.04. The molecule has 102 valence electrons. The first kappa shape index (κ1) is 13.9. The second-order valence-electron chi connectivity index (χ2n) is 4.75. The largest absolute Gasteiger partial charge is 0.271 e. The molecule has 1 amide bonds. The molecule has 0 fully saturated rings. The summed E-state index contributed by atoms with van der Waals surface area (Å²) in [6, 6.07) is 7.48. The van der Waals surface area contributed by atoms with Gasteiger partial charge in [0.15, 0.2) is 0 Å². The van der Waals surface area contributed by atoms with Crippen LogP contribution >= 0.6 is 0 Å². The van der Waals surface area contributed by atoms with Crippen LogP contribution in [0.5, 0.6) is 0 Å². The van der Waals surface area contributed by atoms with Gasteiger partial charge in [0.2, 0.25) is 0 Å². The fraction of sp³-hybridized carbons (Fsp3) is 0.188. The van der Waals surface area contributed by atoms with Crippen molar-refractivity contribution in [1.82, 2.24) is 10.4 Å². The molecule has 20 heavy (non-hydrogen) atoms. The summed E-state index contributed by atoms with van der Waals surface area (Å²) in [7, 11) is 0. The predicted octanol–water partition coefficient (Wildman–Crippen LogP) is 2.77. The Morgan fingerprint density at radius 1 is 1.15 bits per heavy atom. The Morgan fingerprint density at radius 3 is 2.35 bits per heavy atom. The average Bonchev–Trinajstić information content (AvgIpc) is 2.42. The first-order chi connectivity index (χ1) is 9.58. The van der Waals surface area contributed by atoms with Crippen LogP contribution in [0.1, 0.15) is 32.6 Å². The molecule has 2 aromatic rings. The molecule has 0 aliphatic heterocycles. The number of nitrogens with zero attached hydrogens (tertiary/aromatic N) is 2. The van der Waals surface area contributed by atoms with E-state index in [9.17, 15) is 4.79 Å². The minimum absolute atomic E-state index is 0.244. The predicted molar refractivity (Wildman–Crippen MR) is 80.0 cm³/mol. The van der Waals surface area contributed by atoms with Gasteiger partial charge in [0, 0.05) is 23.5 Å². The highest BCUT2D eigenvalue weighted by Gasteiger charge is 2.03. The van der Waals surface area contributed by atoms with Crippen LogP contribution in [0.4, 0.5) is 0 Å². The SMILES string of the molecule is Cc1cc(C)c(/C=N\NC(=O)c2ccncc2)c(C)c1. The van der Waals surface area contributed by atoms with Gasteiger partial charge in [0.25, 0.3) is 5.91 Å². The summed E-state index contributed by atoms with van der Waals surface area (Å²) in [4.78, 5) is 15.7. The standard InChI is InChI=1S/C16H17N3O/c1-11-8-12(2)15(13(3)9-11)10-18-19-16(20)14-4-6-17-7-5-14/h4-10H,1-3H3,(H,19,20)/b18-10-. The van der Waals surface area contributed by atoms with Gasteiger partial charge in [-0.1, -0.05) is 17.7 Å². The minimum atomic E-state index is -0.244. The Labute approximate surface area is 118 Å². The molecule has 0 aliphatic rings. The van der Waals surface area contributed by atoms with E-state index in [1.807, 2.05) is 13.8 Å². The quantitative estimate of drug-likeness (QED) is 0.686. The average molecular weight is 267 g/mol. The molecule has 0 aliphatic carbocycles. The fourth-order valence-electron chi connectivity index (χ4n) is 2.12. The number of rotatable bonds is 3. The summed E-state index contributed by atoms with van der Waals surface area (Å²) in [6.07, 6.45) is 4.84. The number of hydrazone groups is 1. The lowest BCUT2D eigenvalue weighted by Gasteiger charge is -2.06. The molecular formula is C16H17N3O. The number of carbonyl (C=O) groups is 1. The van der Waals surface area contributed by atoms with Crippen LogP contribution in [0.3, 0.4) is 0 Å². The van der Waals surface area contributed by atoms with Gasteiger partial charge in [-0.2, -0.15) is 5.10 Å². The van der Waals surface area contributed by atoms with E-state index < -0.39 is 0 Å². The first-order valence-electron chi connectivity index (χ1n) is 6.39. The zero-order valence-electron chi connectivity index (χ0n) is 11.8. The maximum atomic E-state index is 11.8. The highest BCUT2D eigenvalue weighted by molar-refractivity contribution is 5.94. The molecular weight excluding hydrogens is 250 g/mol. The molecule has 1 aromatic carbocycles. The summed E-state index contributed by atoms with van der Waals surface area (Å²) >= 11 is 0. The molecule has 1 N–H and O–H groups in total. The Hall–Kier alpha value is -2.49. The van der Waals surface area contributed by atoms with Gasteiger partial charge in [-0.15, -0.1) is 0 Å². The molecule has 1 heterocycles. The molecule has 0 radical (unpaired) electrons. The summed E-state index contributed by atoms with van der Waals surface area (Å²) in [5.74, 6) is -0.244. The van der Waals surface area contributed by atoms with Crippen molar-refractivity contribution in [1.29, 1.82) is 0 Å². The highest BCUT2D eigenvalue weighted by Crippen LogP contribution is 2.14. The first-order valence-corrected chi connectivity index (χ1v) is 6.39. The number of carbonyl (C=O) groups excluding carboxylic acids is 1. The lowest BCUT2D eigenvalue weighted by molar-refractivity contribution is 0.0955. The lowest BCUT2D eigenvalue weighted by atomic mass is 10.0. The molecule has 2 rings (SSSR count). The molecule has 0 spiro atoms. The van der Waals surface area contributed by atoms with Crippen LogP contribution in [0, 0.1) is 20.8 Å². The molecule has 0 bridgehead atoms. The van der Waals surface area contributed by atoms with Crippen molar-refractivity contribution in [3.63, 3.8) is 0 Å². The van der Waals surface area contributed by atoms with Crippen molar-refractivity contribution in [2.45, 2.75) is 20.8 Å². The Kier molecular flexibility index (Phi) is 4.25. The van der Waals surface area contributed by atoms with E-state index in [-0.39, 0.29) is 5.91 Å². The zero-order valence-corrected chi connectivity index (χ0v) is 11.8. The van der Waals surface area contributed by atoms with Crippen LogP contribution in [0.15, 0.2) is 41.8 Å². The minimum Gasteiger partial charge on any atom is -0.267 e. The molecule has 0 saturated heterocycles. The van der Waals surface area contributed by atoms with Crippen molar-refractivity contribution < 1.29 is 4.79 Å². The summed E-state index contributed by atoms with van der Waals surface area (Å²) < 4.78 is 0. The van der Waals surface area contributed by atoms with E-state index in [0.717, 1.165) is 16.7 Å². The molecule has 4 heteroatoms. The molecule has 1 aromatic heterocycles. The Bertz CT molecular complexity index is 625. The number of nitrogens with one attached hydrogen (secondary N) is 1. The summed E-state index contributed by atoms with van der Waals surface area (Å²) in [6.45, 7) is 6.13. The van der Waals surface area contributed by atoms with Crippen LogP contribution in [-0.2, 0) is 0 Å². The number of aryl methyl sites for hydroxylation is 3. The van der Waals surface area contributed by atoms with Crippen molar-refractivity contribution in [3.05, 3.63) is 64.5 Å². The van der Waals surface area contributed by atoms with Crippen molar-refractivity contribution in [3.8, 4) is 0 Å². The van der Waals surface area contributed by atoms with Crippen molar-refractivity contribution in [2.24, 2.45) is 5.10 Å². The summed E-state index contributed by atoms with van der Waals surface area (Å²) in [5.41, 5.74) is 7.60. The smallest absolute Gasteiger partial charge is 0.267 e. The van der Waals surface area contributed by atoms with E-state index in [4.69, 9.17) is 0 Å². The second-order valence-corrected chi connectivity index (χ2v) is 4.75. The van der Waals surface area contributed by atoms with Crippen LogP contribution in [-0.4, -0.2) is 17.1 Å². The Balaban J connectivity index is 2.10. The van der Waals surface area contributed by atoms with Gasteiger partial charge in [0.05, 0.1) is 6.21 Å².